The third-order valence-electron chi connectivity index (χ3n) is 8.63. The Morgan fingerprint density at radius 2 is 1.50 bits per heavy atom. The SMILES string of the molecule is CC(C)[Si](Oc1ccc2c(c1)CC(N1CCC(O)(c3ccccc3)CC1)C2O)(C(C)C)C(C)C. The van der Waals surface area contributed by atoms with Gasteiger partial charge in [-0.3, -0.25) is 4.90 Å². The normalized spacial score (nSPS) is 23.0. The Morgan fingerprint density at radius 1 is 0.912 bits per heavy atom. The largest absolute Gasteiger partial charge is 0.543 e. The molecule has 0 bridgehead atoms. The summed E-state index contributed by atoms with van der Waals surface area (Å²) in [5.74, 6) is 0.964. The molecular formula is C29H43NO3Si. The number of piperidine rings is 1. The van der Waals surface area contributed by atoms with Crippen LogP contribution in [0.2, 0.25) is 16.6 Å². The smallest absolute Gasteiger partial charge is 0.258 e. The molecular weight excluding hydrogens is 438 g/mol. The number of benzene rings is 2. The second-order valence-corrected chi connectivity index (χ2v) is 16.8. The molecule has 1 aliphatic carbocycles. The number of fused-ring (bicyclic) bond motifs is 1. The van der Waals surface area contributed by atoms with Gasteiger partial charge in [0.2, 0.25) is 0 Å². The van der Waals surface area contributed by atoms with Gasteiger partial charge in [-0.1, -0.05) is 77.9 Å². The van der Waals surface area contributed by atoms with Gasteiger partial charge in [0.1, 0.15) is 5.75 Å². The minimum absolute atomic E-state index is 0.0628. The van der Waals surface area contributed by atoms with Crippen molar-refractivity contribution >= 4 is 8.32 Å². The van der Waals surface area contributed by atoms with E-state index in [-0.39, 0.29) is 6.04 Å². The maximum absolute atomic E-state index is 11.2. The summed E-state index contributed by atoms with van der Waals surface area (Å²) < 4.78 is 6.91. The molecule has 1 saturated heterocycles. The fourth-order valence-electron chi connectivity index (χ4n) is 6.80. The third kappa shape index (κ3) is 4.48. The van der Waals surface area contributed by atoms with Crippen molar-refractivity contribution in [3.8, 4) is 5.75 Å². The van der Waals surface area contributed by atoms with Crippen LogP contribution in [0, 0.1) is 0 Å². The van der Waals surface area contributed by atoms with E-state index in [4.69, 9.17) is 4.43 Å². The van der Waals surface area contributed by atoms with Crippen LogP contribution in [-0.4, -0.2) is 42.6 Å². The Bertz CT molecular complexity index is 945. The van der Waals surface area contributed by atoms with E-state index in [1.807, 2.05) is 30.3 Å². The molecule has 4 rings (SSSR count). The molecule has 2 aromatic rings. The van der Waals surface area contributed by atoms with Gasteiger partial charge in [0, 0.05) is 19.1 Å². The molecule has 1 heterocycles. The Morgan fingerprint density at radius 3 is 2.06 bits per heavy atom. The fraction of sp³-hybridized carbons (Fsp3) is 0.586. The highest BCUT2D eigenvalue weighted by molar-refractivity contribution is 6.78. The first-order valence-corrected chi connectivity index (χ1v) is 15.2. The van der Waals surface area contributed by atoms with E-state index >= 15 is 0 Å². The van der Waals surface area contributed by atoms with E-state index < -0.39 is 20.0 Å². The molecule has 0 aromatic heterocycles. The van der Waals surface area contributed by atoms with Gasteiger partial charge in [-0.05, 0) is 64.7 Å². The number of likely N-dealkylation sites (tertiary alicyclic amines) is 1. The van der Waals surface area contributed by atoms with Crippen LogP contribution in [0.1, 0.15) is 77.2 Å². The van der Waals surface area contributed by atoms with Gasteiger partial charge in [-0.25, -0.2) is 0 Å². The van der Waals surface area contributed by atoms with Crippen LogP contribution < -0.4 is 4.43 Å². The van der Waals surface area contributed by atoms with Crippen LogP contribution in [0.25, 0.3) is 0 Å². The molecule has 0 saturated carbocycles. The number of nitrogens with zero attached hydrogens (tertiary/aromatic N) is 1. The highest BCUT2D eigenvalue weighted by Gasteiger charge is 2.47. The van der Waals surface area contributed by atoms with E-state index in [9.17, 15) is 10.2 Å². The molecule has 1 aliphatic heterocycles. The van der Waals surface area contributed by atoms with Crippen molar-refractivity contribution < 1.29 is 14.6 Å². The number of hydrogen-bond donors (Lipinski definition) is 2. The Kier molecular flexibility index (Phi) is 7.31. The molecule has 186 valence electrons. The highest BCUT2D eigenvalue weighted by atomic mass is 28.4. The molecule has 34 heavy (non-hydrogen) atoms. The average Bonchev–Trinajstić information content (AvgIpc) is 3.13. The van der Waals surface area contributed by atoms with E-state index in [1.54, 1.807) is 0 Å². The first kappa shape index (κ1) is 25.4. The number of rotatable bonds is 7. The maximum atomic E-state index is 11.2. The van der Waals surface area contributed by atoms with Crippen molar-refractivity contribution in [1.82, 2.24) is 4.90 Å². The maximum Gasteiger partial charge on any atom is 0.258 e. The lowest BCUT2D eigenvalue weighted by atomic mass is 9.84. The summed E-state index contributed by atoms with van der Waals surface area (Å²) in [5, 5.41) is 22.4. The van der Waals surface area contributed by atoms with Crippen molar-refractivity contribution in [1.29, 1.82) is 0 Å². The van der Waals surface area contributed by atoms with E-state index in [0.717, 1.165) is 36.4 Å². The molecule has 5 heteroatoms. The molecule has 4 nitrogen and oxygen atoms in total. The molecule has 2 N–H and O–H groups in total. The monoisotopic (exact) mass is 481 g/mol. The summed E-state index contributed by atoms with van der Waals surface area (Å²) >= 11 is 0. The van der Waals surface area contributed by atoms with Gasteiger partial charge in [0.05, 0.1) is 11.7 Å². The lowest BCUT2D eigenvalue weighted by Gasteiger charge is -2.42. The quantitative estimate of drug-likeness (QED) is 0.464. The van der Waals surface area contributed by atoms with Gasteiger partial charge >= 0.3 is 0 Å². The van der Waals surface area contributed by atoms with Gasteiger partial charge in [-0.2, -0.15) is 0 Å². The predicted octanol–water partition coefficient (Wildman–Crippen LogP) is 6.18. The number of aliphatic hydroxyl groups excluding tert-OH is 1. The van der Waals surface area contributed by atoms with Gasteiger partial charge in [0.15, 0.2) is 0 Å². The van der Waals surface area contributed by atoms with E-state index in [2.05, 4.69) is 64.6 Å². The minimum atomic E-state index is -2.02. The van der Waals surface area contributed by atoms with Gasteiger partial charge in [0.25, 0.3) is 8.32 Å². The Hall–Kier alpha value is -1.66. The molecule has 2 aliphatic rings. The van der Waals surface area contributed by atoms with Crippen molar-refractivity contribution in [2.45, 2.75) is 95.2 Å². The van der Waals surface area contributed by atoms with Crippen molar-refractivity contribution in [3.63, 3.8) is 0 Å². The topological polar surface area (TPSA) is 52.9 Å². The van der Waals surface area contributed by atoms with Crippen molar-refractivity contribution in [2.75, 3.05) is 13.1 Å². The molecule has 0 spiro atoms. The van der Waals surface area contributed by atoms with Crippen LogP contribution in [0.3, 0.4) is 0 Å². The minimum Gasteiger partial charge on any atom is -0.543 e. The highest BCUT2D eigenvalue weighted by Crippen LogP contribution is 2.45. The van der Waals surface area contributed by atoms with E-state index in [0.29, 0.717) is 29.5 Å². The lowest BCUT2D eigenvalue weighted by Crippen LogP contribution is -2.50. The predicted molar refractivity (Wildman–Crippen MR) is 142 cm³/mol. The Balaban J connectivity index is 1.48. The lowest BCUT2D eigenvalue weighted by molar-refractivity contribution is -0.0502. The van der Waals surface area contributed by atoms with Crippen LogP contribution in [-0.2, 0) is 12.0 Å². The van der Waals surface area contributed by atoms with Gasteiger partial charge in [-0.15, -0.1) is 0 Å². The first-order valence-electron chi connectivity index (χ1n) is 13.1. The molecule has 2 aromatic carbocycles. The zero-order valence-electron chi connectivity index (χ0n) is 21.8. The molecule has 0 amide bonds. The summed E-state index contributed by atoms with van der Waals surface area (Å²) in [6, 6.07) is 16.4. The number of aliphatic hydroxyl groups is 2. The summed E-state index contributed by atoms with van der Waals surface area (Å²) in [6.07, 6.45) is 1.72. The van der Waals surface area contributed by atoms with Crippen LogP contribution in [0.5, 0.6) is 5.75 Å². The van der Waals surface area contributed by atoms with Crippen LogP contribution >= 0.6 is 0 Å². The van der Waals surface area contributed by atoms with E-state index in [1.165, 1.54) is 5.56 Å². The van der Waals surface area contributed by atoms with Crippen LogP contribution in [0.15, 0.2) is 48.5 Å². The second-order valence-electron chi connectivity index (χ2n) is 11.4. The summed E-state index contributed by atoms with van der Waals surface area (Å²) in [6.45, 7) is 15.4. The summed E-state index contributed by atoms with van der Waals surface area (Å²) in [4.78, 5) is 2.37. The summed E-state index contributed by atoms with van der Waals surface area (Å²) in [5.41, 5.74) is 4.04. The first-order chi connectivity index (χ1) is 16.1. The second kappa shape index (κ2) is 9.77. The molecule has 2 unspecified atom stereocenters. The van der Waals surface area contributed by atoms with Crippen molar-refractivity contribution in [2.24, 2.45) is 0 Å². The number of hydrogen-bond acceptors (Lipinski definition) is 4. The zero-order valence-corrected chi connectivity index (χ0v) is 22.8. The van der Waals surface area contributed by atoms with Crippen molar-refractivity contribution in [3.05, 3.63) is 65.2 Å². The molecule has 0 radical (unpaired) electrons. The molecule has 2 atom stereocenters. The summed E-state index contributed by atoms with van der Waals surface area (Å²) in [7, 11) is -2.02. The standard InChI is InChI=1S/C29H43NO3Si/c1-20(2)34(21(3)4,22(5)6)33-25-12-13-26-23(18-25)19-27(28(26)31)30-16-14-29(32,15-17-30)24-10-8-7-9-11-24/h7-13,18,20-22,27-28,31-32H,14-17,19H2,1-6H3. The molecule has 1 fully saturated rings. The zero-order chi connectivity index (χ0) is 24.7. The fourth-order valence-corrected chi connectivity index (χ4v) is 12.0. The van der Waals surface area contributed by atoms with Crippen LogP contribution in [0.4, 0.5) is 0 Å². The third-order valence-corrected chi connectivity index (χ3v) is 14.6. The average molecular weight is 482 g/mol. The Labute approximate surface area is 207 Å². The van der Waals surface area contributed by atoms with Gasteiger partial charge < -0.3 is 14.6 Å².